The predicted octanol–water partition coefficient (Wildman–Crippen LogP) is 2.71. The lowest BCUT2D eigenvalue weighted by molar-refractivity contribution is -0.130. The molecule has 1 unspecified atom stereocenters. The maximum absolute atomic E-state index is 13.0. The maximum Gasteiger partial charge on any atom is 0.254 e. The van der Waals surface area contributed by atoms with Crippen LogP contribution < -0.4 is 15.1 Å². The molecule has 0 aliphatic carbocycles. The van der Waals surface area contributed by atoms with Crippen LogP contribution in [0.15, 0.2) is 36.5 Å². The fourth-order valence-electron chi connectivity index (χ4n) is 4.71. The number of carbonyl (C=O) groups is 3. The first kappa shape index (κ1) is 23.5. The van der Waals surface area contributed by atoms with Gasteiger partial charge in [0.05, 0.1) is 17.6 Å². The second kappa shape index (κ2) is 9.32. The van der Waals surface area contributed by atoms with E-state index in [-0.39, 0.29) is 29.8 Å². The highest BCUT2D eigenvalue weighted by atomic mass is 16.2. The van der Waals surface area contributed by atoms with Gasteiger partial charge in [0.1, 0.15) is 11.9 Å². The lowest BCUT2D eigenvalue weighted by atomic mass is 10.1. The van der Waals surface area contributed by atoms with Crippen molar-refractivity contribution < 1.29 is 14.4 Å². The van der Waals surface area contributed by atoms with Gasteiger partial charge in [0.2, 0.25) is 11.8 Å². The first-order valence-electron chi connectivity index (χ1n) is 11.6. The molecule has 1 aromatic carbocycles. The van der Waals surface area contributed by atoms with E-state index >= 15 is 0 Å². The van der Waals surface area contributed by atoms with Crippen molar-refractivity contribution in [2.75, 3.05) is 48.3 Å². The third-order valence-corrected chi connectivity index (χ3v) is 6.56. The summed E-state index contributed by atoms with van der Waals surface area (Å²) in [6.45, 7) is 9.77. The molecule has 2 aliphatic heterocycles. The smallest absolute Gasteiger partial charge is 0.254 e. The molecule has 0 saturated carbocycles. The van der Waals surface area contributed by atoms with Crippen molar-refractivity contribution in [3.8, 4) is 0 Å². The molecule has 34 heavy (non-hydrogen) atoms. The van der Waals surface area contributed by atoms with E-state index in [0.717, 1.165) is 17.1 Å². The van der Waals surface area contributed by atoms with E-state index in [9.17, 15) is 14.4 Å². The zero-order chi connectivity index (χ0) is 24.6. The first-order valence-corrected chi connectivity index (χ1v) is 11.6. The molecule has 0 spiro atoms. The SMILES string of the molecule is CC(=O)N1CCN(C(=O)c2cccc(Nc3cc4c(cn3)N(C)C(=O)C(C)N4C(C)C)c2)CC1. The standard InChI is InChI=1S/C25H32N6O3/c1-16(2)31-17(3)24(33)28(5)22-15-26-23(14-21(22)31)27-20-8-6-7-19(13-20)25(34)30-11-9-29(10-12-30)18(4)32/h6-8,13-17H,9-12H2,1-5H3,(H,26,27). The largest absolute Gasteiger partial charge is 0.355 e. The lowest BCUT2D eigenvalue weighted by Gasteiger charge is -2.42. The molecule has 1 N–H and O–H groups in total. The predicted molar refractivity (Wildman–Crippen MR) is 133 cm³/mol. The van der Waals surface area contributed by atoms with Crippen molar-refractivity contribution in [3.63, 3.8) is 0 Å². The second-order valence-electron chi connectivity index (χ2n) is 9.14. The van der Waals surface area contributed by atoms with E-state index in [4.69, 9.17) is 0 Å². The zero-order valence-electron chi connectivity index (χ0n) is 20.4. The number of likely N-dealkylation sites (N-methyl/N-ethyl adjacent to an activating group) is 1. The van der Waals surface area contributed by atoms with Gasteiger partial charge >= 0.3 is 0 Å². The third kappa shape index (κ3) is 4.42. The molecular weight excluding hydrogens is 432 g/mol. The van der Waals surface area contributed by atoms with Gasteiger partial charge in [-0.2, -0.15) is 0 Å². The van der Waals surface area contributed by atoms with Gasteiger partial charge in [-0.05, 0) is 39.0 Å². The minimum absolute atomic E-state index is 0.0387. The van der Waals surface area contributed by atoms with E-state index in [1.54, 1.807) is 40.9 Å². The molecule has 0 radical (unpaired) electrons. The molecule has 9 nitrogen and oxygen atoms in total. The summed E-state index contributed by atoms with van der Waals surface area (Å²) in [6.07, 6.45) is 1.71. The minimum atomic E-state index is -0.267. The van der Waals surface area contributed by atoms with Crippen molar-refractivity contribution >= 4 is 40.6 Å². The van der Waals surface area contributed by atoms with Crippen molar-refractivity contribution in [2.45, 2.75) is 39.8 Å². The van der Waals surface area contributed by atoms with Gasteiger partial charge < -0.3 is 24.9 Å². The number of aromatic nitrogens is 1. The van der Waals surface area contributed by atoms with E-state index in [0.29, 0.717) is 37.6 Å². The second-order valence-corrected chi connectivity index (χ2v) is 9.14. The molecule has 9 heteroatoms. The summed E-state index contributed by atoms with van der Waals surface area (Å²) < 4.78 is 0. The Labute approximate surface area is 200 Å². The Morgan fingerprint density at radius 1 is 1.06 bits per heavy atom. The number of anilines is 4. The highest BCUT2D eigenvalue weighted by Crippen LogP contribution is 2.38. The summed E-state index contributed by atoms with van der Waals surface area (Å²) in [5.74, 6) is 0.667. The van der Waals surface area contributed by atoms with Gasteiger partial charge in [0.25, 0.3) is 5.91 Å². The summed E-state index contributed by atoms with van der Waals surface area (Å²) in [5.41, 5.74) is 3.06. The molecule has 1 aromatic heterocycles. The van der Waals surface area contributed by atoms with Crippen LogP contribution >= 0.6 is 0 Å². The Balaban J connectivity index is 1.53. The number of benzene rings is 1. The summed E-state index contributed by atoms with van der Waals surface area (Å²) in [4.78, 5) is 49.0. The third-order valence-electron chi connectivity index (χ3n) is 6.56. The van der Waals surface area contributed by atoms with Gasteiger partial charge in [0, 0.05) is 63.5 Å². The van der Waals surface area contributed by atoms with Gasteiger partial charge in [-0.1, -0.05) is 6.07 Å². The number of rotatable bonds is 4. The fraction of sp³-hybridized carbons (Fsp3) is 0.440. The molecule has 2 aromatic rings. The normalized spacial score (nSPS) is 18.3. The van der Waals surface area contributed by atoms with Crippen LogP contribution in [0.25, 0.3) is 0 Å². The highest BCUT2D eigenvalue weighted by molar-refractivity contribution is 6.05. The van der Waals surface area contributed by atoms with Crippen molar-refractivity contribution in [1.82, 2.24) is 14.8 Å². The minimum Gasteiger partial charge on any atom is -0.355 e. The number of nitrogens with zero attached hydrogens (tertiary/aromatic N) is 5. The monoisotopic (exact) mass is 464 g/mol. The van der Waals surface area contributed by atoms with E-state index < -0.39 is 0 Å². The quantitative estimate of drug-likeness (QED) is 0.749. The summed E-state index contributed by atoms with van der Waals surface area (Å²) in [6, 6.07) is 9.18. The Hall–Kier alpha value is -3.62. The Morgan fingerprint density at radius 3 is 2.38 bits per heavy atom. The van der Waals surface area contributed by atoms with Crippen LogP contribution in [0, 0.1) is 0 Å². The number of carbonyl (C=O) groups excluding carboxylic acids is 3. The average molecular weight is 465 g/mol. The molecule has 0 bridgehead atoms. The highest BCUT2D eigenvalue weighted by Gasteiger charge is 2.35. The Kier molecular flexibility index (Phi) is 6.45. The van der Waals surface area contributed by atoms with Crippen LogP contribution in [0.5, 0.6) is 0 Å². The van der Waals surface area contributed by atoms with Crippen molar-refractivity contribution in [2.24, 2.45) is 0 Å². The molecule has 1 fully saturated rings. The molecule has 1 atom stereocenters. The molecule has 3 heterocycles. The van der Waals surface area contributed by atoms with Crippen LogP contribution in [0.1, 0.15) is 38.1 Å². The van der Waals surface area contributed by atoms with Gasteiger partial charge in [-0.15, -0.1) is 0 Å². The van der Waals surface area contributed by atoms with Gasteiger partial charge in [-0.3, -0.25) is 14.4 Å². The maximum atomic E-state index is 13.0. The van der Waals surface area contributed by atoms with E-state index in [1.165, 1.54) is 0 Å². The van der Waals surface area contributed by atoms with Crippen LogP contribution in [0.3, 0.4) is 0 Å². The molecule has 1 saturated heterocycles. The summed E-state index contributed by atoms with van der Waals surface area (Å²) >= 11 is 0. The number of hydrogen-bond acceptors (Lipinski definition) is 6. The van der Waals surface area contributed by atoms with Crippen LogP contribution in [-0.2, 0) is 9.59 Å². The number of amides is 3. The lowest BCUT2D eigenvalue weighted by Crippen LogP contribution is -2.53. The molecule has 180 valence electrons. The first-order chi connectivity index (χ1) is 16.2. The summed E-state index contributed by atoms with van der Waals surface area (Å²) in [5, 5.41) is 3.31. The number of fused-ring (bicyclic) bond motifs is 1. The van der Waals surface area contributed by atoms with Gasteiger partial charge in [0.15, 0.2) is 0 Å². The van der Waals surface area contributed by atoms with E-state index in [2.05, 4.69) is 29.0 Å². The van der Waals surface area contributed by atoms with Gasteiger partial charge in [-0.25, -0.2) is 4.98 Å². The summed E-state index contributed by atoms with van der Waals surface area (Å²) in [7, 11) is 1.77. The van der Waals surface area contributed by atoms with Crippen molar-refractivity contribution in [1.29, 1.82) is 0 Å². The van der Waals surface area contributed by atoms with E-state index in [1.807, 2.05) is 31.2 Å². The molecule has 4 rings (SSSR count). The molecular formula is C25H32N6O3. The molecule has 3 amide bonds. The number of piperazine rings is 1. The van der Waals surface area contributed by atoms with Crippen LogP contribution in [0.2, 0.25) is 0 Å². The Bertz CT molecular complexity index is 1110. The van der Waals surface area contributed by atoms with Crippen LogP contribution in [-0.4, -0.2) is 77.8 Å². The topological polar surface area (TPSA) is 89.1 Å². The number of pyridine rings is 1. The van der Waals surface area contributed by atoms with Crippen molar-refractivity contribution in [3.05, 3.63) is 42.1 Å². The van der Waals surface area contributed by atoms with Crippen LogP contribution in [0.4, 0.5) is 22.9 Å². The average Bonchev–Trinajstić information content (AvgIpc) is 2.82. The Morgan fingerprint density at radius 2 is 1.74 bits per heavy atom. The number of nitrogens with one attached hydrogen (secondary N) is 1. The number of hydrogen-bond donors (Lipinski definition) is 1. The fourth-order valence-corrected chi connectivity index (χ4v) is 4.71. The molecule has 2 aliphatic rings. The zero-order valence-corrected chi connectivity index (χ0v) is 20.4.